The van der Waals surface area contributed by atoms with Crippen molar-refractivity contribution in [1.82, 2.24) is 24.8 Å². The summed E-state index contributed by atoms with van der Waals surface area (Å²) in [6, 6.07) is 4.18. The summed E-state index contributed by atoms with van der Waals surface area (Å²) in [6.45, 7) is 4.91. The second-order valence-electron chi connectivity index (χ2n) is 6.68. The van der Waals surface area contributed by atoms with Crippen LogP contribution in [0.2, 0.25) is 0 Å². The maximum absolute atomic E-state index is 12.9. The first-order chi connectivity index (χ1) is 12.1. The molecular weight excluding hydrogens is 314 g/mol. The van der Waals surface area contributed by atoms with Crippen LogP contribution in [0, 0.1) is 13.8 Å². The highest BCUT2D eigenvalue weighted by Crippen LogP contribution is 2.31. The molecule has 1 amide bonds. The van der Waals surface area contributed by atoms with Gasteiger partial charge in [0.1, 0.15) is 11.5 Å². The van der Waals surface area contributed by atoms with Crippen molar-refractivity contribution >= 4 is 16.9 Å². The number of imidazole rings is 1. The highest BCUT2D eigenvalue weighted by atomic mass is 16.2. The van der Waals surface area contributed by atoms with Gasteiger partial charge in [-0.2, -0.15) is 0 Å². The Morgan fingerprint density at radius 3 is 2.84 bits per heavy atom. The topological polar surface area (TPSA) is 74.8 Å². The molecule has 3 aromatic rings. The fraction of sp³-hybridized carbons (Fsp3) is 0.368. The number of nitrogens with zero attached hydrogens (tertiary/aromatic N) is 4. The van der Waals surface area contributed by atoms with Gasteiger partial charge in [0.05, 0.1) is 23.3 Å². The molecule has 6 nitrogen and oxygen atoms in total. The maximum Gasteiger partial charge on any atom is 0.274 e. The smallest absolute Gasteiger partial charge is 0.274 e. The Morgan fingerprint density at radius 1 is 1.20 bits per heavy atom. The fourth-order valence-electron chi connectivity index (χ4n) is 3.46. The molecular formula is C19H21N5O. The van der Waals surface area contributed by atoms with Crippen LogP contribution in [-0.2, 0) is 0 Å². The SMILES string of the molecule is Cc1cc2nc([C@H]3CCCCN3C(=O)c3cnccn3)[nH]c2cc1C. The molecule has 1 N–H and O–H groups in total. The van der Waals surface area contributed by atoms with Crippen molar-refractivity contribution in [3.63, 3.8) is 0 Å². The molecule has 2 aromatic heterocycles. The van der Waals surface area contributed by atoms with Crippen molar-refractivity contribution < 1.29 is 4.79 Å². The third-order valence-electron chi connectivity index (χ3n) is 4.98. The van der Waals surface area contributed by atoms with E-state index < -0.39 is 0 Å². The number of hydrogen-bond donors (Lipinski definition) is 1. The molecule has 0 radical (unpaired) electrons. The quantitative estimate of drug-likeness (QED) is 0.779. The van der Waals surface area contributed by atoms with Crippen LogP contribution in [0.1, 0.15) is 52.7 Å². The van der Waals surface area contributed by atoms with Crippen molar-refractivity contribution in [3.05, 3.63) is 53.4 Å². The minimum Gasteiger partial charge on any atom is -0.340 e. The molecule has 128 valence electrons. The van der Waals surface area contributed by atoms with Gasteiger partial charge in [-0.05, 0) is 56.4 Å². The van der Waals surface area contributed by atoms with Gasteiger partial charge in [-0.25, -0.2) is 9.97 Å². The number of benzene rings is 1. The Kier molecular flexibility index (Phi) is 3.95. The van der Waals surface area contributed by atoms with E-state index in [-0.39, 0.29) is 11.9 Å². The van der Waals surface area contributed by atoms with E-state index in [1.807, 2.05) is 4.90 Å². The molecule has 1 aliphatic rings. The van der Waals surface area contributed by atoms with E-state index in [2.05, 4.69) is 40.9 Å². The Labute approximate surface area is 146 Å². The highest BCUT2D eigenvalue weighted by molar-refractivity contribution is 5.92. The van der Waals surface area contributed by atoms with Crippen molar-refractivity contribution in [2.45, 2.75) is 39.2 Å². The minimum atomic E-state index is -0.0781. The van der Waals surface area contributed by atoms with Crippen LogP contribution in [0.3, 0.4) is 0 Å². The monoisotopic (exact) mass is 335 g/mol. The van der Waals surface area contributed by atoms with Crippen molar-refractivity contribution in [2.24, 2.45) is 0 Å². The van der Waals surface area contributed by atoms with Crippen LogP contribution in [0.4, 0.5) is 0 Å². The van der Waals surface area contributed by atoms with Crippen molar-refractivity contribution in [2.75, 3.05) is 6.54 Å². The van der Waals surface area contributed by atoms with E-state index in [0.717, 1.165) is 42.7 Å². The number of hydrogen-bond acceptors (Lipinski definition) is 4. The number of aromatic amines is 1. The van der Waals surface area contributed by atoms with E-state index in [4.69, 9.17) is 4.98 Å². The van der Waals surface area contributed by atoms with Gasteiger partial charge in [-0.1, -0.05) is 0 Å². The Bertz CT molecular complexity index is 879. The number of aryl methyl sites for hydroxylation is 2. The minimum absolute atomic E-state index is 0.0451. The second-order valence-corrected chi connectivity index (χ2v) is 6.68. The van der Waals surface area contributed by atoms with Crippen LogP contribution in [0.15, 0.2) is 30.7 Å². The largest absolute Gasteiger partial charge is 0.340 e. The molecule has 1 aromatic carbocycles. The van der Waals surface area contributed by atoms with Crippen LogP contribution >= 0.6 is 0 Å². The zero-order chi connectivity index (χ0) is 17.4. The van der Waals surface area contributed by atoms with E-state index in [1.54, 1.807) is 12.4 Å². The molecule has 1 fully saturated rings. The predicted molar refractivity (Wildman–Crippen MR) is 95.2 cm³/mol. The van der Waals surface area contributed by atoms with Gasteiger partial charge in [0, 0.05) is 18.9 Å². The van der Waals surface area contributed by atoms with Crippen molar-refractivity contribution in [3.8, 4) is 0 Å². The summed E-state index contributed by atoms with van der Waals surface area (Å²) in [4.78, 5) is 31.2. The molecule has 6 heteroatoms. The summed E-state index contributed by atoms with van der Waals surface area (Å²) in [6.07, 6.45) is 7.65. The van der Waals surface area contributed by atoms with Gasteiger partial charge >= 0.3 is 0 Å². The average molecular weight is 335 g/mol. The van der Waals surface area contributed by atoms with E-state index in [0.29, 0.717) is 5.69 Å². The number of H-pyrrole nitrogens is 1. The van der Waals surface area contributed by atoms with E-state index in [9.17, 15) is 4.79 Å². The second kappa shape index (κ2) is 6.27. The molecule has 0 spiro atoms. The number of carbonyl (C=O) groups is 1. The number of amides is 1. The molecule has 0 saturated carbocycles. The number of nitrogens with one attached hydrogen (secondary N) is 1. The number of fused-ring (bicyclic) bond motifs is 1. The lowest BCUT2D eigenvalue weighted by atomic mass is 10.0. The van der Waals surface area contributed by atoms with Gasteiger partial charge in [0.2, 0.25) is 0 Å². The predicted octanol–water partition coefficient (Wildman–Crippen LogP) is 3.34. The standard InChI is InChI=1S/C19H21N5O/c1-12-9-14-15(10-13(12)2)23-18(22-14)17-5-3-4-8-24(17)19(25)16-11-20-6-7-21-16/h6-7,9-11,17H,3-5,8H2,1-2H3,(H,22,23)/t17-/m1/s1. The van der Waals surface area contributed by atoms with Crippen molar-refractivity contribution in [1.29, 1.82) is 0 Å². The summed E-state index contributed by atoms with van der Waals surface area (Å²) < 4.78 is 0. The zero-order valence-electron chi connectivity index (χ0n) is 14.5. The van der Waals surface area contributed by atoms with Gasteiger partial charge < -0.3 is 9.88 Å². The number of piperidine rings is 1. The summed E-state index contributed by atoms with van der Waals surface area (Å²) in [7, 11) is 0. The Balaban J connectivity index is 1.70. The third-order valence-corrected chi connectivity index (χ3v) is 4.98. The first-order valence-electron chi connectivity index (χ1n) is 8.67. The van der Waals surface area contributed by atoms with Crippen LogP contribution in [0.25, 0.3) is 11.0 Å². The lowest BCUT2D eigenvalue weighted by Crippen LogP contribution is -2.39. The van der Waals surface area contributed by atoms with Gasteiger partial charge in [0.25, 0.3) is 5.91 Å². The van der Waals surface area contributed by atoms with Crippen LogP contribution < -0.4 is 0 Å². The summed E-state index contributed by atoms with van der Waals surface area (Å²) in [5.74, 6) is 0.780. The van der Waals surface area contributed by atoms with Crippen LogP contribution in [0.5, 0.6) is 0 Å². The summed E-state index contributed by atoms with van der Waals surface area (Å²) in [5, 5.41) is 0. The normalized spacial score (nSPS) is 17.8. The molecule has 1 aliphatic heterocycles. The number of aromatic nitrogens is 4. The molecule has 25 heavy (non-hydrogen) atoms. The summed E-state index contributed by atoms with van der Waals surface area (Å²) >= 11 is 0. The third kappa shape index (κ3) is 2.88. The van der Waals surface area contributed by atoms with E-state index >= 15 is 0 Å². The molecule has 3 heterocycles. The average Bonchev–Trinajstić information content (AvgIpc) is 3.05. The number of carbonyl (C=O) groups excluding carboxylic acids is 1. The molecule has 1 saturated heterocycles. The number of likely N-dealkylation sites (tertiary alicyclic amines) is 1. The number of rotatable bonds is 2. The molecule has 1 atom stereocenters. The van der Waals surface area contributed by atoms with Gasteiger partial charge in [-0.3, -0.25) is 9.78 Å². The van der Waals surface area contributed by atoms with E-state index in [1.165, 1.54) is 17.3 Å². The Morgan fingerprint density at radius 2 is 2.04 bits per heavy atom. The molecule has 0 unspecified atom stereocenters. The summed E-state index contributed by atoms with van der Waals surface area (Å²) in [5.41, 5.74) is 4.82. The lowest BCUT2D eigenvalue weighted by molar-refractivity contribution is 0.0594. The van der Waals surface area contributed by atoms with Gasteiger partial charge in [0.15, 0.2) is 0 Å². The molecule has 4 rings (SSSR count). The molecule has 0 bridgehead atoms. The van der Waals surface area contributed by atoms with Crippen LogP contribution in [-0.4, -0.2) is 37.3 Å². The highest BCUT2D eigenvalue weighted by Gasteiger charge is 2.31. The first-order valence-corrected chi connectivity index (χ1v) is 8.67. The Hall–Kier alpha value is -2.76. The zero-order valence-corrected chi connectivity index (χ0v) is 14.5. The van der Waals surface area contributed by atoms with Gasteiger partial charge in [-0.15, -0.1) is 0 Å². The molecule has 0 aliphatic carbocycles. The first kappa shape index (κ1) is 15.7. The fourth-order valence-corrected chi connectivity index (χ4v) is 3.46. The maximum atomic E-state index is 12.9. The lowest BCUT2D eigenvalue weighted by Gasteiger charge is -2.34.